The minimum Gasteiger partial charge on any atom is -0.481 e. The molecule has 1 aromatic heterocycles. The molecule has 7 heteroatoms. The maximum absolute atomic E-state index is 12.2. The van der Waals surface area contributed by atoms with Gasteiger partial charge in [-0.2, -0.15) is 9.97 Å². The lowest BCUT2D eigenvalue weighted by atomic mass is 10.1. The molecule has 132 valence electrons. The number of ether oxygens (including phenoxy) is 3. The number of nitrogens with one attached hydrogen (secondary N) is 1. The summed E-state index contributed by atoms with van der Waals surface area (Å²) in [4.78, 5) is 20.6. The summed E-state index contributed by atoms with van der Waals surface area (Å²) in [6.07, 6.45) is 2.18. The van der Waals surface area contributed by atoms with Crippen molar-refractivity contribution >= 4 is 5.91 Å². The normalized spacial score (nSPS) is 16.5. The largest absolute Gasteiger partial charge is 0.481 e. The zero-order valence-electron chi connectivity index (χ0n) is 14.3. The van der Waals surface area contributed by atoms with Crippen LogP contribution in [-0.4, -0.2) is 49.4 Å². The van der Waals surface area contributed by atoms with E-state index in [9.17, 15) is 4.79 Å². The van der Waals surface area contributed by atoms with Gasteiger partial charge in [0.05, 0.1) is 26.0 Å². The predicted molar refractivity (Wildman–Crippen MR) is 91.9 cm³/mol. The molecule has 1 amide bonds. The van der Waals surface area contributed by atoms with E-state index < -0.39 is 0 Å². The van der Waals surface area contributed by atoms with Gasteiger partial charge < -0.3 is 19.5 Å². The highest BCUT2D eigenvalue weighted by Crippen LogP contribution is 2.23. The van der Waals surface area contributed by atoms with Crippen molar-refractivity contribution in [1.29, 1.82) is 0 Å². The first-order chi connectivity index (χ1) is 12.2. The molecule has 1 aliphatic rings. The van der Waals surface area contributed by atoms with Crippen molar-refractivity contribution in [3.63, 3.8) is 0 Å². The van der Waals surface area contributed by atoms with Crippen molar-refractivity contribution in [2.45, 2.75) is 18.9 Å². The summed E-state index contributed by atoms with van der Waals surface area (Å²) >= 11 is 0. The molecule has 0 radical (unpaired) electrons. The van der Waals surface area contributed by atoms with Gasteiger partial charge in [-0.05, 0) is 25.0 Å². The molecule has 3 rings (SSSR count). The first kappa shape index (κ1) is 17.2. The zero-order valence-corrected chi connectivity index (χ0v) is 14.3. The molecule has 2 aromatic rings. The van der Waals surface area contributed by atoms with E-state index in [1.165, 1.54) is 14.2 Å². The van der Waals surface area contributed by atoms with E-state index in [1.807, 2.05) is 12.1 Å². The summed E-state index contributed by atoms with van der Waals surface area (Å²) in [7, 11) is 3.03. The number of amides is 1. The molecule has 1 fully saturated rings. The lowest BCUT2D eigenvalue weighted by molar-refractivity contribution is 0.0858. The van der Waals surface area contributed by atoms with Crippen LogP contribution in [0.5, 0.6) is 11.9 Å². The summed E-state index contributed by atoms with van der Waals surface area (Å²) < 4.78 is 15.7. The molecule has 0 bridgehead atoms. The third kappa shape index (κ3) is 4.24. The van der Waals surface area contributed by atoms with Gasteiger partial charge in [0.2, 0.25) is 5.88 Å². The van der Waals surface area contributed by atoms with Gasteiger partial charge in [-0.1, -0.05) is 12.1 Å². The van der Waals surface area contributed by atoms with Crippen LogP contribution in [-0.2, 0) is 4.74 Å². The highest BCUT2D eigenvalue weighted by Gasteiger charge is 2.16. The molecule has 1 saturated heterocycles. The van der Waals surface area contributed by atoms with Crippen molar-refractivity contribution < 1.29 is 19.0 Å². The Morgan fingerprint density at radius 3 is 2.68 bits per heavy atom. The standard InChI is InChI=1S/C18H21N3O4/c1-23-16-10-15(20-18(21-16)24-2)12-5-7-13(8-6-12)17(22)19-11-14-4-3-9-25-14/h5-8,10,14H,3-4,9,11H2,1-2H3,(H,19,22)/t14-/m0/s1. The molecule has 2 heterocycles. The molecule has 25 heavy (non-hydrogen) atoms. The summed E-state index contributed by atoms with van der Waals surface area (Å²) in [5.41, 5.74) is 2.10. The first-order valence-corrected chi connectivity index (χ1v) is 8.17. The molecular weight excluding hydrogens is 322 g/mol. The maximum atomic E-state index is 12.2. The molecule has 0 aliphatic carbocycles. The first-order valence-electron chi connectivity index (χ1n) is 8.17. The van der Waals surface area contributed by atoms with Gasteiger partial charge in [-0.15, -0.1) is 0 Å². The van der Waals surface area contributed by atoms with Crippen molar-refractivity contribution in [1.82, 2.24) is 15.3 Å². The van der Waals surface area contributed by atoms with Gasteiger partial charge in [0, 0.05) is 30.3 Å². The monoisotopic (exact) mass is 343 g/mol. The third-order valence-electron chi connectivity index (χ3n) is 4.03. The molecular formula is C18H21N3O4. The maximum Gasteiger partial charge on any atom is 0.320 e. The van der Waals surface area contributed by atoms with Gasteiger partial charge in [0.15, 0.2) is 0 Å². The van der Waals surface area contributed by atoms with E-state index >= 15 is 0 Å². The minimum atomic E-state index is -0.111. The number of carbonyl (C=O) groups excluding carboxylic acids is 1. The Bertz CT molecular complexity index is 705. The van der Waals surface area contributed by atoms with Crippen molar-refractivity contribution in [2.75, 3.05) is 27.4 Å². The second-order valence-corrected chi connectivity index (χ2v) is 5.70. The smallest absolute Gasteiger partial charge is 0.320 e. The summed E-state index contributed by atoms with van der Waals surface area (Å²) in [5, 5.41) is 2.91. The second-order valence-electron chi connectivity index (χ2n) is 5.70. The summed E-state index contributed by atoms with van der Waals surface area (Å²) in [6, 6.07) is 9.15. The molecule has 1 atom stereocenters. The molecule has 1 aliphatic heterocycles. The SMILES string of the molecule is COc1cc(-c2ccc(C(=O)NC[C@@H]3CCCO3)cc2)nc(OC)n1. The lowest BCUT2D eigenvalue weighted by Crippen LogP contribution is -2.31. The number of hydrogen-bond donors (Lipinski definition) is 1. The van der Waals surface area contributed by atoms with Gasteiger partial charge >= 0.3 is 6.01 Å². The van der Waals surface area contributed by atoms with Crippen LogP contribution in [0.2, 0.25) is 0 Å². The number of benzene rings is 1. The Labute approximate surface area is 146 Å². The Kier molecular flexibility index (Phi) is 5.45. The molecule has 0 saturated carbocycles. The Morgan fingerprint density at radius 2 is 2.04 bits per heavy atom. The Balaban J connectivity index is 1.70. The van der Waals surface area contributed by atoms with E-state index in [4.69, 9.17) is 14.2 Å². The van der Waals surface area contributed by atoms with E-state index in [0.29, 0.717) is 23.7 Å². The number of methoxy groups -OCH3 is 2. The van der Waals surface area contributed by atoms with Crippen molar-refractivity contribution in [2.24, 2.45) is 0 Å². The number of aromatic nitrogens is 2. The molecule has 0 spiro atoms. The number of carbonyl (C=O) groups is 1. The average Bonchev–Trinajstić information content (AvgIpc) is 3.19. The third-order valence-corrected chi connectivity index (χ3v) is 4.03. The fourth-order valence-electron chi connectivity index (χ4n) is 2.65. The fraction of sp³-hybridized carbons (Fsp3) is 0.389. The van der Waals surface area contributed by atoms with Crippen molar-refractivity contribution in [3.8, 4) is 23.1 Å². The molecule has 7 nitrogen and oxygen atoms in total. The molecule has 1 aromatic carbocycles. The van der Waals surface area contributed by atoms with Crippen LogP contribution in [0.15, 0.2) is 30.3 Å². The van der Waals surface area contributed by atoms with E-state index in [0.717, 1.165) is 25.0 Å². The second kappa shape index (κ2) is 7.94. The van der Waals surface area contributed by atoms with Crippen LogP contribution in [0.3, 0.4) is 0 Å². The van der Waals surface area contributed by atoms with Crippen LogP contribution in [0.1, 0.15) is 23.2 Å². The quantitative estimate of drug-likeness (QED) is 0.865. The van der Waals surface area contributed by atoms with Gasteiger partial charge in [-0.3, -0.25) is 4.79 Å². The Hall–Kier alpha value is -2.67. The fourth-order valence-corrected chi connectivity index (χ4v) is 2.65. The summed E-state index contributed by atoms with van der Waals surface area (Å²) in [5.74, 6) is 0.306. The van der Waals surface area contributed by atoms with Gasteiger partial charge in [-0.25, -0.2) is 0 Å². The number of rotatable bonds is 6. The number of hydrogen-bond acceptors (Lipinski definition) is 6. The molecule has 0 unspecified atom stereocenters. The highest BCUT2D eigenvalue weighted by atomic mass is 16.5. The zero-order chi connectivity index (χ0) is 17.6. The topological polar surface area (TPSA) is 82.6 Å². The average molecular weight is 343 g/mol. The highest BCUT2D eigenvalue weighted by molar-refractivity contribution is 5.94. The van der Waals surface area contributed by atoms with E-state index in [1.54, 1.807) is 18.2 Å². The van der Waals surface area contributed by atoms with Crippen LogP contribution in [0.4, 0.5) is 0 Å². The van der Waals surface area contributed by atoms with Crippen LogP contribution < -0.4 is 14.8 Å². The lowest BCUT2D eigenvalue weighted by Gasteiger charge is -2.11. The van der Waals surface area contributed by atoms with Gasteiger partial charge in [0.25, 0.3) is 5.91 Å². The predicted octanol–water partition coefficient (Wildman–Crippen LogP) is 2.07. The van der Waals surface area contributed by atoms with Gasteiger partial charge in [0.1, 0.15) is 0 Å². The Morgan fingerprint density at radius 1 is 1.24 bits per heavy atom. The van der Waals surface area contributed by atoms with Crippen LogP contribution in [0, 0.1) is 0 Å². The summed E-state index contributed by atoms with van der Waals surface area (Å²) in [6.45, 7) is 1.32. The van der Waals surface area contributed by atoms with Crippen LogP contribution >= 0.6 is 0 Å². The van der Waals surface area contributed by atoms with E-state index in [-0.39, 0.29) is 18.0 Å². The van der Waals surface area contributed by atoms with E-state index in [2.05, 4.69) is 15.3 Å². The number of nitrogens with zero attached hydrogens (tertiary/aromatic N) is 2. The minimum absolute atomic E-state index is 0.111. The molecule has 1 N–H and O–H groups in total. The van der Waals surface area contributed by atoms with Crippen molar-refractivity contribution in [3.05, 3.63) is 35.9 Å². The van der Waals surface area contributed by atoms with Crippen LogP contribution in [0.25, 0.3) is 11.3 Å².